The van der Waals surface area contributed by atoms with E-state index in [2.05, 4.69) is 4.98 Å². The van der Waals surface area contributed by atoms with Crippen LogP contribution in [0.3, 0.4) is 0 Å². The van der Waals surface area contributed by atoms with Crippen LogP contribution in [0.25, 0.3) is 11.0 Å². The molecule has 0 radical (unpaired) electrons. The predicted molar refractivity (Wildman–Crippen MR) is 82.7 cm³/mol. The van der Waals surface area contributed by atoms with E-state index in [-0.39, 0.29) is 17.8 Å². The number of halogens is 4. The molecule has 2 atom stereocenters. The molecule has 1 aliphatic rings. The van der Waals surface area contributed by atoms with E-state index in [9.17, 15) is 13.6 Å². The zero-order valence-corrected chi connectivity index (χ0v) is 13.9. The Kier molecular flexibility index (Phi) is 3.80. The van der Waals surface area contributed by atoms with E-state index in [0.29, 0.717) is 5.52 Å². The summed E-state index contributed by atoms with van der Waals surface area (Å²) in [6.07, 6.45) is -0.689. The fourth-order valence-electron chi connectivity index (χ4n) is 2.52. The van der Waals surface area contributed by atoms with Crippen LogP contribution in [0.2, 0.25) is 0 Å². The second-order valence-electron chi connectivity index (χ2n) is 5.87. The van der Waals surface area contributed by atoms with E-state index < -0.39 is 28.4 Å². The first kappa shape index (κ1) is 16.5. The molecule has 0 N–H and O–H groups in total. The molecule has 1 heterocycles. The van der Waals surface area contributed by atoms with Gasteiger partial charge in [0.05, 0.1) is 11.0 Å². The van der Waals surface area contributed by atoms with Gasteiger partial charge in [0.25, 0.3) is 0 Å². The number of esters is 1. The van der Waals surface area contributed by atoms with Crippen LogP contribution >= 0.6 is 23.2 Å². The highest BCUT2D eigenvalue weighted by atomic mass is 35.5. The molecule has 0 saturated heterocycles. The lowest BCUT2D eigenvalue weighted by Crippen LogP contribution is -2.24. The van der Waals surface area contributed by atoms with Crippen molar-refractivity contribution in [2.75, 3.05) is 0 Å². The number of carbonyl (C=O) groups is 1. The van der Waals surface area contributed by atoms with Gasteiger partial charge in [-0.3, -0.25) is 9.36 Å². The van der Waals surface area contributed by atoms with Crippen molar-refractivity contribution in [2.45, 2.75) is 37.3 Å². The number of alkyl halides is 4. The Morgan fingerprint density at radius 3 is 2.57 bits per heavy atom. The number of rotatable bonds is 4. The third-order valence-corrected chi connectivity index (χ3v) is 5.28. The van der Waals surface area contributed by atoms with Crippen LogP contribution < -0.4 is 0 Å². The summed E-state index contributed by atoms with van der Waals surface area (Å²) in [6, 6.07) is 6.50. The van der Waals surface area contributed by atoms with Crippen LogP contribution in [0.4, 0.5) is 8.78 Å². The van der Waals surface area contributed by atoms with E-state index >= 15 is 0 Å². The molecule has 8 heteroatoms. The van der Waals surface area contributed by atoms with Gasteiger partial charge in [0.1, 0.15) is 9.75 Å². The van der Waals surface area contributed by atoms with Crippen molar-refractivity contribution in [3.63, 3.8) is 0 Å². The second kappa shape index (κ2) is 5.31. The summed E-state index contributed by atoms with van der Waals surface area (Å²) in [5, 5.41) is 0. The first-order valence-electron chi connectivity index (χ1n) is 7.01. The number of ether oxygens (including phenoxy) is 1. The summed E-state index contributed by atoms with van der Waals surface area (Å²) >= 11 is 11.9. The first-order chi connectivity index (χ1) is 10.7. The van der Waals surface area contributed by atoms with Gasteiger partial charge in [-0.05, 0) is 26.0 Å². The van der Waals surface area contributed by atoms with Gasteiger partial charge in [0, 0.05) is 6.42 Å². The average molecular weight is 363 g/mol. The molecule has 124 valence electrons. The molecule has 1 aromatic heterocycles. The molecule has 1 fully saturated rings. The zero-order chi connectivity index (χ0) is 17.0. The van der Waals surface area contributed by atoms with Crippen LogP contribution in [0.15, 0.2) is 24.3 Å². The van der Waals surface area contributed by atoms with Crippen molar-refractivity contribution in [1.29, 1.82) is 0 Å². The molecule has 0 bridgehead atoms. The van der Waals surface area contributed by atoms with Gasteiger partial charge in [-0.1, -0.05) is 12.1 Å². The molecular weight excluding hydrogens is 349 g/mol. The number of aromatic nitrogens is 2. The molecule has 23 heavy (non-hydrogen) atoms. The minimum Gasteiger partial charge on any atom is -0.454 e. The topological polar surface area (TPSA) is 44.1 Å². The van der Waals surface area contributed by atoms with Gasteiger partial charge in [0.15, 0.2) is 11.9 Å². The maximum atomic E-state index is 13.4. The van der Waals surface area contributed by atoms with Crippen LogP contribution in [-0.2, 0) is 9.53 Å². The van der Waals surface area contributed by atoms with Gasteiger partial charge in [0.2, 0.25) is 0 Å². The van der Waals surface area contributed by atoms with Gasteiger partial charge in [-0.25, -0.2) is 4.98 Å². The Morgan fingerprint density at radius 2 is 2.00 bits per heavy atom. The van der Waals surface area contributed by atoms with Crippen LogP contribution in [0, 0.1) is 5.41 Å². The summed E-state index contributed by atoms with van der Waals surface area (Å²) in [7, 11) is 0. The lowest BCUT2D eigenvalue weighted by molar-refractivity contribution is -0.155. The maximum Gasteiger partial charge on any atom is 0.320 e. The monoisotopic (exact) mass is 362 g/mol. The third-order valence-electron chi connectivity index (χ3n) is 4.17. The number of carbonyl (C=O) groups excluding carboxylic acids is 1. The van der Waals surface area contributed by atoms with Crippen molar-refractivity contribution in [3.05, 3.63) is 30.1 Å². The molecule has 1 saturated carbocycles. The van der Waals surface area contributed by atoms with Gasteiger partial charge in [-0.15, -0.1) is 23.2 Å². The smallest absolute Gasteiger partial charge is 0.320 e. The summed E-state index contributed by atoms with van der Waals surface area (Å²) < 4.78 is 31.7. The Bertz CT molecular complexity index is 778. The zero-order valence-electron chi connectivity index (χ0n) is 12.4. The Balaban J connectivity index is 1.91. The SMILES string of the molecule is CC(OC(=O)C1(C)CC1(Cl)Cl)c1nc2ccccc2n1C(F)F. The lowest BCUT2D eigenvalue weighted by Gasteiger charge is -2.18. The van der Waals surface area contributed by atoms with Crippen molar-refractivity contribution >= 4 is 40.2 Å². The number of imidazole rings is 1. The van der Waals surface area contributed by atoms with Crippen LogP contribution in [0.5, 0.6) is 0 Å². The van der Waals surface area contributed by atoms with E-state index in [0.717, 1.165) is 4.57 Å². The summed E-state index contributed by atoms with van der Waals surface area (Å²) in [5.41, 5.74) is -0.332. The van der Waals surface area contributed by atoms with E-state index in [4.69, 9.17) is 27.9 Å². The quantitative estimate of drug-likeness (QED) is 0.588. The first-order valence-corrected chi connectivity index (χ1v) is 7.77. The largest absolute Gasteiger partial charge is 0.454 e. The van der Waals surface area contributed by atoms with Gasteiger partial charge in [-0.2, -0.15) is 8.78 Å². The summed E-state index contributed by atoms with van der Waals surface area (Å²) in [5.74, 6) is -0.642. The van der Waals surface area contributed by atoms with Gasteiger partial charge >= 0.3 is 12.5 Å². The predicted octanol–water partition coefficient (Wildman–Crippen LogP) is 4.62. The second-order valence-corrected chi connectivity index (χ2v) is 7.35. The van der Waals surface area contributed by atoms with Crippen LogP contribution in [-0.4, -0.2) is 19.9 Å². The summed E-state index contributed by atoms with van der Waals surface area (Å²) in [6.45, 7) is 0.279. The van der Waals surface area contributed by atoms with E-state index in [1.165, 1.54) is 13.0 Å². The minimum absolute atomic E-state index is 0.0199. The molecule has 0 aliphatic heterocycles. The fraction of sp³-hybridized carbons (Fsp3) is 0.467. The van der Waals surface area contributed by atoms with Crippen molar-refractivity contribution in [2.24, 2.45) is 5.41 Å². The highest BCUT2D eigenvalue weighted by Crippen LogP contribution is 2.64. The van der Waals surface area contributed by atoms with E-state index in [1.54, 1.807) is 25.1 Å². The lowest BCUT2D eigenvalue weighted by atomic mass is 10.1. The number of para-hydroxylation sites is 2. The molecular formula is C15H14Cl2F2N2O2. The fourth-order valence-corrected chi connectivity index (χ4v) is 3.21. The van der Waals surface area contributed by atoms with Crippen molar-refractivity contribution in [3.8, 4) is 0 Å². The highest BCUT2D eigenvalue weighted by molar-refractivity contribution is 6.53. The van der Waals surface area contributed by atoms with Crippen molar-refractivity contribution < 1.29 is 18.3 Å². The number of fused-ring (bicyclic) bond motifs is 1. The number of hydrogen-bond acceptors (Lipinski definition) is 3. The van der Waals surface area contributed by atoms with Crippen molar-refractivity contribution in [1.82, 2.24) is 9.55 Å². The Morgan fingerprint density at radius 1 is 1.39 bits per heavy atom. The molecule has 3 rings (SSSR count). The maximum absolute atomic E-state index is 13.4. The number of nitrogens with zero attached hydrogens (tertiary/aromatic N) is 2. The Labute approximate surface area is 141 Å². The Hall–Kier alpha value is -1.40. The minimum atomic E-state index is -2.80. The van der Waals surface area contributed by atoms with E-state index in [1.807, 2.05) is 0 Å². The molecule has 1 aliphatic carbocycles. The number of benzene rings is 1. The molecule has 1 aromatic carbocycles. The molecule has 2 aromatic rings. The summed E-state index contributed by atoms with van der Waals surface area (Å²) in [4.78, 5) is 16.4. The third kappa shape index (κ3) is 2.58. The molecule has 2 unspecified atom stereocenters. The molecule has 0 amide bonds. The highest BCUT2D eigenvalue weighted by Gasteiger charge is 2.69. The molecule has 0 spiro atoms. The van der Waals surface area contributed by atoms with Crippen LogP contribution in [0.1, 0.15) is 38.7 Å². The van der Waals surface area contributed by atoms with Gasteiger partial charge < -0.3 is 4.74 Å². The normalized spacial score (nSPS) is 24.0. The standard InChI is InChI=1S/C15H14Cl2F2N2O2/c1-8(23-12(22)14(2)7-15(14,16)17)11-20-9-5-3-4-6-10(9)21(11)13(18)19/h3-6,8,13H,7H2,1-2H3. The number of hydrogen-bond donors (Lipinski definition) is 0. The molecule has 4 nitrogen and oxygen atoms in total. The average Bonchev–Trinajstić information content (AvgIpc) is 2.84.